The second kappa shape index (κ2) is 10.1. The van der Waals surface area contributed by atoms with Gasteiger partial charge in [-0.25, -0.2) is 0 Å². The number of ether oxygens (including phenoxy) is 4. The first kappa shape index (κ1) is 20.2. The van der Waals surface area contributed by atoms with Gasteiger partial charge >= 0.3 is 0 Å². The Balaban J connectivity index is 1.53. The third kappa shape index (κ3) is 5.50. The molecule has 0 unspecified atom stereocenters. The summed E-state index contributed by atoms with van der Waals surface area (Å²) in [6.07, 6.45) is 1.78. The molecule has 0 N–H and O–H groups in total. The fraction of sp³-hybridized carbons (Fsp3) is 0.476. The zero-order chi connectivity index (χ0) is 19.8. The SMILES string of the molecule is COc1ccc(OCCn2ccc(=O)c(OCCN3CCOCC3)c2C)cc1. The molecule has 3 rings (SSSR count). The van der Waals surface area contributed by atoms with Crippen LogP contribution in [0.25, 0.3) is 0 Å². The van der Waals surface area contributed by atoms with Gasteiger partial charge in [0.05, 0.1) is 32.6 Å². The molecule has 0 amide bonds. The minimum atomic E-state index is -0.0909. The first-order valence-electron chi connectivity index (χ1n) is 9.57. The van der Waals surface area contributed by atoms with Crippen molar-refractivity contribution < 1.29 is 18.9 Å². The molecular weight excluding hydrogens is 360 g/mol. The Morgan fingerprint density at radius 3 is 2.36 bits per heavy atom. The molecule has 0 saturated carbocycles. The highest BCUT2D eigenvalue weighted by Gasteiger charge is 2.12. The van der Waals surface area contributed by atoms with E-state index in [0.717, 1.165) is 50.0 Å². The molecule has 1 aromatic carbocycles. The van der Waals surface area contributed by atoms with Gasteiger partial charge in [0, 0.05) is 31.9 Å². The maximum absolute atomic E-state index is 12.2. The zero-order valence-corrected chi connectivity index (χ0v) is 16.6. The van der Waals surface area contributed by atoms with E-state index in [9.17, 15) is 4.79 Å². The van der Waals surface area contributed by atoms with Crippen LogP contribution in [0.3, 0.4) is 0 Å². The van der Waals surface area contributed by atoms with Crippen LogP contribution >= 0.6 is 0 Å². The van der Waals surface area contributed by atoms with Crippen LogP contribution in [0.1, 0.15) is 5.69 Å². The smallest absolute Gasteiger partial charge is 0.223 e. The van der Waals surface area contributed by atoms with E-state index in [1.165, 1.54) is 0 Å². The summed E-state index contributed by atoms with van der Waals surface area (Å²) in [6.45, 7) is 7.62. The molecule has 0 spiro atoms. The van der Waals surface area contributed by atoms with Crippen LogP contribution in [-0.4, -0.2) is 62.6 Å². The summed E-state index contributed by atoms with van der Waals surface area (Å²) >= 11 is 0. The third-order valence-electron chi connectivity index (χ3n) is 4.81. The number of nitrogens with zero attached hydrogens (tertiary/aromatic N) is 2. The van der Waals surface area contributed by atoms with Crippen molar-refractivity contribution >= 4 is 0 Å². The van der Waals surface area contributed by atoms with Crippen molar-refractivity contribution in [1.82, 2.24) is 9.47 Å². The Bertz CT molecular complexity index is 797. The Morgan fingerprint density at radius 2 is 1.64 bits per heavy atom. The van der Waals surface area contributed by atoms with Crippen LogP contribution in [0.15, 0.2) is 41.3 Å². The molecule has 7 heteroatoms. The van der Waals surface area contributed by atoms with Crippen molar-refractivity contribution in [3.05, 3.63) is 52.4 Å². The quantitative estimate of drug-likeness (QED) is 0.654. The lowest BCUT2D eigenvalue weighted by atomic mass is 10.3. The molecule has 0 atom stereocenters. The monoisotopic (exact) mass is 388 g/mol. The number of benzene rings is 1. The molecular formula is C21H28N2O5. The number of rotatable bonds is 9. The molecule has 1 aromatic heterocycles. The molecule has 7 nitrogen and oxygen atoms in total. The minimum Gasteiger partial charge on any atom is -0.497 e. The van der Waals surface area contributed by atoms with Crippen LogP contribution in [0.5, 0.6) is 17.2 Å². The van der Waals surface area contributed by atoms with E-state index in [0.29, 0.717) is 25.5 Å². The van der Waals surface area contributed by atoms with E-state index in [-0.39, 0.29) is 5.43 Å². The molecule has 1 saturated heterocycles. The minimum absolute atomic E-state index is 0.0909. The molecule has 0 radical (unpaired) electrons. The molecule has 0 aliphatic carbocycles. The van der Waals surface area contributed by atoms with Gasteiger partial charge in [-0.2, -0.15) is 0 Å². The van der Waals surface area contributed by atoms with Crippen molar-refractivity contribution in [2.75, 3.05) is 53.2 Å². The van der Waals surface area contributed by atoms with Crippen LogP contribution in [-0.2, 0) is 11.3 Å². The van der Waals surface area contributed by atoms with Crippen molar-refractivity contribution in [3.8, 4) is 17.2 Å². The fourth-order valence-electron chi connectivity index (χ4n) is 3.11. The number of methoxy groups -OCH3 is 1. The second-order valence-electron chi connectivity index (χ2n) is 6.61. The molecule has 2 aromatic rings. The normalized spacial score (nSPS) is 14.6. The summed E-state index contributed by atoms with van der Waals surface area (Å²) < 4.78 is 24.1. The van der Waals surface area contributed by atoms with E-state index < -0.39 is 0 Å². The highest BCUT2D eigenvalue weighted by molar-refractivity contribution is 5.31. The number of morpholine rings is 1. The van der Waals surface area contributed by atoms with E-state index in [4.69, 9.17) is 18.9 Å². The molecule has 0 bridgehead atoms. The van der Waals surface area contributed by atoms with Gasteiger partial charge in [0.15, 0.2) is 5.75 Å². The van der Waals surface area contributed by atoms with E-state index in [1.807, 2.05) is 35.8 Å². The Hall–Kier alpha value is -2.51. The van der Waals surface area contributed by atoms with Crippen molar-refractivity contribution in [3.63, 3.8) is 0 Å². The lowest BCUT2D eigenvalue weighted by molar-refractivity contribution is 0.0321. The first-order valence-corrected chi connectivity index (χ1v) is 9.57. The summed E-state index contributed by atoms with van der Waals surface area (Å²) in [5.74, 6) is 1.99. The average molecular weight is 388 g/mol. The number of hydrogen-bond acceptors (Lipinski definition) is 6. The van der Waals surface area contributed by atoms with Crippen molar-refractivity contribution in [1.29, 1.82) is 0 Å². The van der Waals surface area contributed by atoms with E-state index in [1.54, 1.807) is 19.4 Å². The lowest BCUT2D eigenvalue weighted by Gasteiger charge is -2.26. The van der Waals surface area contributed by atoms with E-state index >= 15 is 0 Å². The van der Waals surface area contributed by atoms with Gasteiger partial charge in [0.2, 0.25) is 5.43 Å². The summed E-state index contributed by atoms with van der Waals surface area (Å²) in [5, 5.41) is 0. The lowest BCUT2D eigenvalue weighted by Crippen LogP contribution is -2.39. The Labute approximate surface area is 165 Å². The van der Waals surface area contributed by atoms with Gasteiger partial charge in [-0.1, -0.05) is 0 Å². The van der Waals surface area contributed by atoms with Gasteiger partial charge in [-0.05, 0) is 31.2 Å². The Morgan fingerprint density at radius 1 is 0.964 bits per heavy atom. The van der Waals surface area contributed by atoms with Gasteiger partial charge < -0.3 is 23.5 Å². The van der Waals surface area contributed by atoms with Gasteiger partial charge in [-0.3, -0.25) is 9.69 Å². The van der Waals surface area contributed by atoms with Crippen LogP contribution in [0.2, 0.25) is 0 Å². The molecule has 28 heavy (non-hydrogen) atoms. The Kier molecular flexibility index (Phi) is 7.33. The molecule has 1 fully saturated rings. The third-order valence-corrected chi connectivity index (χ3v) is 4.81. The van der Waals surface area contributed by atoms with Crippen LogP contribution in [0.4, 0.5) is 0 Å². The molecule has 1 aliphatic heterocycles. The predicted octanol–water partition coefficient (Wildman–Crippen LogP) is 1.96. The number of pyridine rings is 1. The van der Waals surface area contributed by atoms with Crippen LogP contribution in [0, 0.1) is 6.92 Å². The van der Waals surface area contributed by atoms with Crippen molar-refractivity contribution in [2.45, 2.75) is 13.5 Å². The number of hydrogen-bond donors (Lipinski definition) is 0. The zero-order valence-electron chi connectivity index (χ0n) is 16.6. The highest BCUT2D eigenvalue weighted by atomic mass is 16.5. The fourth-order valence-corrected chi connectivity index (χ4v) is 3.11. The van der Waals surface area contributed by atoms with Gasteiger partial charge in [0.1, 0.15) is 24.7 Å². The molecule has 1 aliphatic rings. The summed E-state index contributed by atoms with van der Waals surface area (Å²) in [4.78, 5) is 14.5. The molecule has 2 heterocycles. The van der Waals surface area contributed by atoms with Crippen LogP contribution < -0.4 is 19.6 Å². The maximum Gasteiger partial charge on any atom is 0.223 e. The standard InChI is InChI=1S/C21H28N2O5/c1-17-21(28-15-11-22-9-13-26-14-10-22)20(24)7-8-23(17)12-16-27-19-5-3-18(25-2)4-6-19/h3-8H,9-16H2,1-2H3. The number of aromatic nitrogens is 1. The highest BCUT2D eigenvalue weighted by Crippen LogP contribution is 2.17. The van der Waals surface area contributed by atoms with Gasteiger partial charge in [0.25, 0.3) is 0 Å². The summed E-state index contributed by atoms with van der Waals surface area (Å²) in [5.41, 5.74) is 0.722. The predicted molar refractivity (Wildman–Crippen MR) is 107 cm³/mol. The largest absolute Gasteiger partial charge is 0.497 e. The first-order chi connectivity index (χ1) is 13.7. The molecule has 152 valence electrons. The summed E-state index contributed by atoms with van der Waals surface area (Å²) in [7, 11) is 1.63. The van der Waals surface area contributed by atoms with Crippen molar-refractivity contribution in [2.24, 2.45) is 0 Å². The van der Waals surface area contributed by atoms with E-state index in [2.05, 4.69) is 4.90 Å². The summed E-state index contributed by atoms with van der Waals surface area (Å²) in [6, 6.07) is 9.01. The topological polar surface area (TPSA) is 62.2 Å². The average Bonchev–Trinajstić information content (AvgIpc) is 2.73. The second-order valence-corrected chi connectivity index (χ2v) is 6.61. The van der Waals surface area contributed by atoms with Gasteiger partial charge in [-0.15, -0.1) is 0 Å². The maximum atomic E-state index is 12.2.